The zero-order valence-electron chi connectivity index (χ0n) is 30.0. The van der Waals surface area contributed by atoms with Crippen molar-refractivity contribution in [2.75, 3.05) is 30.3 Å². The minimum atomic E-state index is -0.918. The summed E-state index contributed by atoms with van der Waals surface area (Å²) in [6, 6.07) is 14.4. The normalized spacial score (nSPS) is 18.8. The number of aromatic hydroxyl groups is 1. The van der Waals surface area contributed by atoms with E-state index in [0.29, 0.717) is 30.0 Å². The van der Waals surface area contributed by atoms with Crippen molar-refractivity contribution >= 4 is 40.6 Å². The number of hydrogen-bond donors (Lipinski definition) is 5. The fourth-order valence-electron chi connectivity index (χ4n) is 6.86. The zero-order valence-corrected chi connectivity index (χ0v) is 30.9. The third-order valence-electron chi connectivity index (χ3n) is 9.81. The Bertz CT molecular complexity index is 1940. The van der Waals surface area contributed by atoms with Crippen LogP contribution in [0.5, 0.6) is 5.75 Å². The van der Waals surface area contributed by atoms with Gasteiger partial charge in [-0.25, -0.2) is 4.98 Å². The van der Waals surface area contributed by atoms with Gasteiger partial charge in [0.1, 0.15) is 17.8 Å². The molecule has 13 nitrogen and oxygen atoms in total. The molecular weight excluding hydrogens is 681 g/mol. The van der Waals surface area contributed by atoms with Crippen molar-refractivity contribution in [1.29, 1.82) is 0 Å². The van der Waals surface area contributed by atoms with Crippen molar-refractivity contribution in [3.05, 3.63) is 71.4 Å². The molecule has 0 unspecified atom stereocenters. The number of rotatable bonds is 10. The first kappa shape index (κ1) is 36.7. The number of carbonyl (C=O) groups excluding carboxylic acids is 3. The van der Waals surface area contributed by atoms with Gasteiger partial charge in [0.05, 0.1) is 39.6 Å². The summed E-state index contributed by atoms with van der Waals surface area (Å²) >= 11 is 1.58. The Morgan fingerprint density at radius 3 is 2.40 bits per heavy atom. The molecule has 6 N–H and O–H groups in total. The first-order chi connectivity index (χ1) is 24.7. The highest BCUT2D eigenvalue weighted by molar-refractivity contribution is 7.13. The quantitative estimate of drug-likeness (QED) is 0.160. The van der Waals surface area contributed by atoms with Crippen molar-refractivity contribution in [2.24, 2.45) is 11.3 Å². The highest BCUT2D eigenvalue weighted by atomic mass is 32.1. The van der Waals surface area contributed by atoms with Crippen molar-refractivity contribution in [3.8, 4) is 27.4 Å². The van der Waals surface area contributed by atoms with E-state index in [1.54, 1.807) is 41.7 Å². The van der Waals surface area contributed by atoms with Crippen LogP contribution in [-0.2, 0) is 14.4 Å². The van der Waals surface area contributed by atoms with Gasteiger partial charge in [-0.2, -0.15) is 0 Å². The highest BCUT2D eigenvalue weighted by Crippen LogP contribution is 2.35. The number of nitrogens with zero attached hydrogens (tertiary/aromatic N) is 5. The van der Waals surface area contributed by atoms with Crippen LogP contribution in [0.15, 0.2) is 60.1 Å². The molecule has 2 fully saturated rings. The molecule has 52 heavy (non-hydrogen) atoms. The SMILES string of the molecule is Cc1ncsc1-c1ccc([C@H](C)NC(=O)[C@@H]2C[C@@H](O)CN2C(=O)[C@@H](NC(=O)CC2CN(c3cc(-c4ccccc4O)nnc3N)C2)C(C)(C)C)cc1. The van der Waals surface area contributed by atoms with Gasteiger partial charge in [-0.15, -0.1) is 21.5 Å². The molecule has 274 valence electrons. The van der Waals surface area contributed by atoms with Gasteiger partial charge >= 0.3 is 0 Å². The number of hydrogen-bond acceptors (Lipinski definition) is 11. The topological polar surface area (TPSA) is 187 Å². The molecule has 2 aliphatic heterocycles. The lowest BCUT2D eigenvalue weighted by molar-refractivity contribution is -0.144. The molecule has 4 atom stereocenters. The largest absolute Gasteiger partial charge is 0.507 e. The first-order valence-corrected chi connectivity index (χ1v) is 18.3. The number of aliphatic hydroxyl groups is 1. The fraction of sp³-hybridized carbons (Fsp3) is 0.421. The highest BCUT2D eigenvalue weighted by Gasteiger charge is 2.45. The number of aliphatic hydroxyl groups excluding tert-OH is 1. The minimum Gasteiger partial charge on any atom is -0.507 e. The van der Waals surface area contributed by atoms with Crippen molar-refractivity contribution in [1.82, 2.24) is 30.7 Å². The summed E-state index contributed by atoms with van der Waals surface area (Å²) in [6.07, 6.45) is -0.572. The van der Waals surface area contributed by atoms with E-state index in [-0.39, 0.29) is 54.7 Å². The Balaban J connectivity index is 1.06. The van der Waals surface area contributed by atoms with E-state index in [4.69, 9.17) is 5.73 Å². The van der Waals surface area contributed by atoms with Crippen LogP contribution in [0.2, 0.25) is 0 Å². The number of anilines is 2. The molecule has 0 spiro atoms. The van der Waals surface area contributed by atoms with Crippen LogP contribution in [0.4, 0.5) is 11.5 Å². The van der Waals surface area contributed by atoms with Crippen LogP contribution in [0.1, 0.15) is 57.8 Å². The monoisotopic (exact) mass is 726 g/mol. The van der Waals surface area contributed by atoms with Gasteiger partial charge in [0.15, 0.2) is 5.82 Å². The van der Waals surface area contributed by atoms with Crippen LogP contribution in [-0.4, -0.2) is 85.8 Å². The molecule has 2 aliphatic rings. The van der Waals surface area contributed by atoms with E-state index < -0.39 is 29.5 Å². The lowest BCUT2D eigenvalue weighted by atomic mass is 9.85. The number of nitrogens with one attached hydrogen (secondary N) is 2. The number of thiazole rings is 1. The molecule has 0 saturated carbocycles. The molecule has 2 aromatic carbocycles. The van der Waals surface area contributed by atoms with Gasteiger partial charge in [-0.3, -0.25) is 14.4 Å². The number of aromatic nitrogens is 3. The summed E-state index contributed by atoms with van der Waals surface area (Å²) in [5.41, 5.74) is 11.9. The first-order valence-electron chi connectivity index (χ1n) is 17.4. The van der Waals surface area contributed by atoms with Gasteiger partial charge in [0.25, 0.3) is 0 Å². The summed E-state index contributed by atoms with van der Waals surface area (Å²) in [7, 11) is 0. The Morgan fingerprint density at radius 2 is 1.75 bits per heavy atom. The van der Waals surface area contributed by atoms with E-state index in [1.807, 2.05) is 69.3 Å². The predicted octanol–water partition coefficient (Wildman–Crippen LogP) is 4.06. The van der Waals surface area contributed by atoms with Gasteiger partial charge < -0.3 is 36.4 Å². The van der Waals surface area contributed by atoms with Crippen LogP contribution in [0.3, 0.4) is 0 Å². The number of carbonyl (C=O) groups is 3. The third kappa shape index (κ3) is 7.87. The minimum absolute atomic E-state index is 0.00162. The molecule has 0 bridgehead atoms. The summed E-state index contributed by atoms with van der Waals surface area (Å²) in [4.78, 5) is 50.0. The van der Waals surface area contributed by atoms with Gasteiger partial charge in [-0.05, 0) is 48.6 Å². The summed E-state index contributed by atoms with van der Waals surface area (Å²) in [5, 5.41) is 35.1. The maximum atomic E-state index is 14.1. The molecule has 3 amide bonds. The van der Waals surface area contributed by atoms with Gasteiger partial charge in [0, 0.05) is 44.0 Å². The number of amides is 3. The number of likely N-dealkylation sites (tertiary alicyclic amines) is 1. The van der Waals surface area contributed by atoms with E-state index in [0.717, 1.165) is 21.7 Å². The van der Waals surface area contributed by atoms with E-state index in [2.05, 4.69) is 25.8 Å². The standard InChI is InChI=1S/C38H46N8O5S/c1-21(24-10-12-25(13-11-24)33-22(2)40-20-52-33)41-36(50)30-15-26(47)19-46(30)37(51)34(38(3,4)5)42-32(49)14-23-17-45(18-23)29-16-28(43-44-35(29)39)27-8-6-7-9-31(27)48/h6-13,16,20-21,23,26,30,34,47-48H,14-15,17-19H2,1-5H3,(H2,39,44)(H,41,50)(H,42,49)/t21-,26+,30-,34+/m0/s1. The van der Waals surface area contributed by atoms with E-state index >= 15 is 0 Å². The maximum absolute atomic E-state index is 14.1. The number of phenols is 1. The second-order valence-corrected chi connectivity index (χ2v) is 15.7. The lowest BCUT2D eigenvalue weighted by Crippen LogP contribution is -2.58. The van der Waals surface area contributed by atoms with Crippen molar-refractivity contribution < 1.29 is 24.6 Å². The van der Waals surface area contributed by atoms with Gasteiger partial charge in [-0.1, -0.05) is 57.2 Å². The lowest BCUT2D eigenvalue weighted by Gasteiger charge is -2.41. The van der Waals surface area contributed by atoms with Crippen molar-refractivity contribution in [2.45, 2.75) is 71.7 Å². The predicted molar refractivity (Wildman–Crippen MR) is 200 cm³/mol. The number of β-amino-alcohol motifs (C(OH)–C–C–N with tert-alkyl or cyclic N) is 1. The number of benzene rings is 2. The van der Waals surface area contributed by atoms with Crippen molar-refractivity contribution in [3.63, 3.8) is 0 Å². The van der Waals surface area contributed by atoms with E-state index in [9.17, 15) is 24.6 Å². The summed E-state index contributed by atoms with van der Waals surface area (Å²) in [6.45, 7) is 10.5. The Labute approximate surface area is 307 Å². The molecule has 4 aromatic rings. The maximum Gasteiger partial charge on any atom is 0.246 e. The average Bonchev–Trinajstić information content (AvgIpc) is 3.70. The second-order valence-electron chi connectivity index (χ2n) is 14.9. The average molecular weight is 727 g/mol. The van der Waals surface area contributed by atoms with Crippen LogP contribution in [0, 0.1) is 18.3 Å². The molecule has 0 aliphatic carbocycles. The molecule has 14 heteroatoms. The number of aryl methyl sites for hydroxylation is 1. The zero-order chi connectivity index (χ0) is 37.3. The molecule has 4 heterocycles. The van der Waals surface area contributed by atoms with Crippen LogP contribution < -0.4 is 21.3 Å². The van der Waals surface area contributed by atoms with E-state index in [1.165, 1.54) is 4.90 Å². The fourth-order valence-corrected chi connectivity index (χ4v) is 7.67. The third-order valence-corrected chi connectivity index (χ3v) is 10.8. The summed E-state index contributed by atoms with van der Waals surface area (Å²) in [5.74, 6) is -0.699. The Kier molecular flexibility index (Phi) is 10.5. The number of nitrogen functional groups attached to an aromatic ring is 1. The number of nitrogens with two attached hydrogens (primary N) is 1. The van der Waals surface area contributed by atoms with Crippen LogP contribution in [0.25, 0.3) is 21.7 Å². The van der Waals surface area contributed by atoms with Crippen LogP contribution >= 0.6 is 11.3 Å². The smallest absolute Gasteiger partial charge is 0.246 e. The van der Waals surface area contributed by atoms with Gasteiger partial charge in [0.2, 0.25) is 17.7 Å². The Hall–Kier alpha value is -5.08. The Morgan fingerprint density at radius 1 is 1.04 bits per heavy atom. The summed E-state index contributed by atoms with van der Waals surface area (Å²) < 4.78 is 0. The molecule has 2 aromatic heterocycles. The molecular formula is C38H46N8O5S. The number of para-hydroxylation sites is 1. The molecule has 0 radical (unpaired) electrons. The second kappa shape index (κ2) is 14.9. The molecule has 6 rings (SSSR count). The molecule has 2 saturated heterocycles. The number of phenolic OH excluding ortho intramolecular Hbond substituents is 1.